The highest BCUT2D eigenvalue weighted by Gasteiger charge is 2.08. The van der Waals surface area contributed by atoms with E-state index in [9.17, 15) is 0 Å². The lowest BCUT2D eigenvalue weighted by molar-refractivity contribution is 0.350. The van der Waals surface area contributed by atoms with E-state index in [4.69, 9.17) is 16.3 Å². The van der Waals surface area contributed by atoms with E-state index in [1.165, 1.54) is 5.54 Å². The molecule has 0 fully saturated rings. The Labute approximate surface area is 114 Å². The lowest BCUT2D eigenvalue weighted by Gasteiger charge is -2.20. The first-order valence-corrected chi connectivity index (χ1v) is 6.43. The zero-order valence-electron chi connectivity index (χ0n) is 11.5. The third-order valence-corrected chi connectivity index (χ3v) is 2.62. The molecule has 1 aromatic heterocycles. The highest BCUT2D eigenvalue weighted by Crippen LogP contribution is 2.11. The average molecular weight is 269 g/mol. The normalized spacial score (nSPS) is 12.6. The van der Waals surface area contributed by atoms with Crippen LogP contribution in [0.2, 0.25) is 0 Å². The molecule has 0 saturated heterocycles. The molecule has 3 nitrogen and oxygen atoms in total. The maximum Gasteiger partial charge on any atom is 0.138 e. The van der Waals surface area contributed by atoms with E-state index in [-0.39, 0.29) is 5.54 Å². The Morgan fingerprint density at radius 3 is 2.67 bits per heavy atom. The molecule has 0 aliphatic heterocycles. The molecule has 0 aliphatic carbocycles. The van der Waals surface area contributed by atoms with Crippen molar-refractivity contribution < 1.29 is 4.74 Å². The van der Waals surface area contributed by atoms with Crippen LogP contribution < -0.4 is 10.1 Å². The molecule has 1 aromatic rings. The molecule has 0 aliphatic rings. The van der Waals surface area contributed by atoms with Gasteiger partial charge in [0.05, 0.1) is 11.9 Å². The molecule has 0 saturated carbocycles. The number of hydrogen-bond acceptors (Lipinski definition) is 3. The second-order valence-corrected chi connectivity index (χ2v) is 5.55. The van der Waals surface area contributed by atoms with E-state index in [2.05, 4.69) is 31.1 Å². The molecule has 0 unspecified atom stereocenters. The smallest absolute Gasteiger partial charge is 0.138 e. The molecule has 0 radical (unpaired) electrons. The Morgan fingerprint density at radius 1 is 1.44 bits per heavy atom. The third-order valence-electron chi connectivity index (χ3n) is 2.25. The minimum Gasteiger partial charge on any atom is -0.488 e. The molecule has 4 heteroatoms. The van der Waals surface area contributed by atoms with Crippen molar-refractivity contribution in [1.29, 1.82) is 0 Å². The summed E-state index contributed by atoms with van der Waals surface area (Å²) in [6, 6.07) is 3.89. The van der Waals surface area contributed by atoms with Gasteiger partial charge in [0.1, 0.15) is 12.4 Å². The Balaban J connectivity index is 2.47. The second-order valence-electron chi connectivity index (χ2n) is 5.33. The molecule has 1 rings (SSSR count). The van der Waals surface area contributed by atoms with Crippen molar-refractivity contribution in [2.24, 2.45) is 0 Å². The van der Waals surface area contributed by atoms with Gasteiger partial charge in [0.2, 0.25) is 0 Å². The highest BCUT2D eigenvalue weighted by molar-refractivity contribution is 6.25. The molecular weight excluding hydrogens is 248 g/mol. The van der Waals surface area contributed by atoms with Gasteiger partial charge in [-0.15, -0.1) is 0 Å². The minimum absolute atomic E-state index is 0.0963. The molecule has 1 heterocycles. The van der Waals surface area contributed by atoms with Crippen LogP contribution in [0.15, 0.2) is 29.4 Å². The Hall–Kier alpha value is -1.06. The summed E-state index contributed by atoms with van der Waals surface area (Å²) < 4.78 is 5.52. The van der Waals surface area contributed by atoms with E-state index in [0.29, 0.717) is 6.61 Å². The van der Waals surface area contributed by atoms with Gasteiger partial charge >= 0.3 is 0 Å². The van der Waals surface area contributed by atoms with Crippen LogP contribution in [0.25, 0.3) is 0 Å². The Bertz CT molecular complexity index is 393. The van der Waals surface area contributed by atoms with Crippen molar-refractivity contribution >= 4 is 11.6 Å². The van der Waals surface area contributed by atoms with Crippen LogP contribution in [0.5, 0.6) is 5.75 Å². The van der Waals surface area contributed by atoms with Crippen molar-refractivity contribution in [2.75, 3.05) is 6.61 Å². The molecule has 18 heavy (non-hydrogen) atoms. The fraction of sp³-hybridized carbons (Fsp3) is 0.500. The number of aromatic nitrogens is 1. The van der Waals surface area contributed by atoms with Crippen molar-refractivity contribution in [3.63, 3.8) is 0 Å². The standard InChI is InChI=1S/C14H21ClN2O/c1-11(7-15)10-18-13-6-5-12(16-9-13)8-17-14(2,3)4/h5-7,9,17H,8,10H2,1-4H3/b11-7-. The maximum absolute atomic E-state index is 5.56. The number of hydrogen-bond donors (Lipinski definition) is 1. The second kappa shape index (κ2) is 6.76. The lowest BCUT2D eigenvalue weighted by Crippen LogP contribution is -2.35. The topological polar surface area (TPSA) is 34.1 Å². The van der Waals surface area contributed by atoms with Crippen LogP contribution in [0.4, 0.5) is 0 Å². The quantitative estimate of drug-likeness (QED) is 0.888. The van der Waals surface area contributed by atoms with Gasteiger partial charge in [0.15, 0.2) is 0 Å². The summed E-state index contributed by atoms with van der Waals surface area (Å²) >= 11 is 5.56. The number of rotatable bonds is 5. The fourth-order valence-corrected chi connectivity index (χ4v) is 1.25. The Kier molecular flexibility index (Phi) is 5.63. The molecule has 0 amide bonds. The van der Waals surface area contributed by atoms with Crippen molar-refractivity contribution in [3.8, 4) is 5.75 Å². The first-order valence-electron chi connectivity index (χ1n) is 5.99. The van der Waals surface area contributed by atoms with Crippen LogP contribution in [-0.2, 0) is 6.54 Å². The predicted molar refractivity (Wildman–Crippen MR) is 75.9 cm³/mol. The molecular formula is C14H21ClN2O. The van der Waals surface area contributed by atoms with E-state index >= 15 is 0 Å². The molecule has 0 spiro atoms. The summed E-state index contributed by atoms with van der Waals surface area (Å²) in [5, 5.41) is 3.39. The van der Waals surface area contributed by atoms with Crippen LogP contribution in [0, 0.1) is 0 Å². The maximum atomic E-state index is 5.56. The summed E-state index contributed by atoms with van der Waals surface area (Å²) in [6.07, 6.45) is 1.74. The summed E-state index contributed by atoms with van der Waals surface area (Å²) in [5.74, 6) is 0.757. The predicted octanol–water partition coefficient (Wildman–Crippen LogP) is 3.49. The monoisotopic (exact) mass is 268 g/mol. The number of ether oxygens (including phenoxy) is 1. The lowest BCUT2D eigenvalue weighted by atomic mass is 10.1. The van der Waals surface area contributed by atoms with Crippen LogP contribution in [-0.4, -0.2) is 17.1 Å². The van der Waals surface area contributed by atoms with E-state index < -0.39 is 0 Å². The van der Waals surface area contributed by atoms with Gasteiger partial charge in [-0.1, -0.05) is 11.6 Å². The van der Waals surface area contributed by atoms with Gasteiger partial charge in [-0.3, -0.25) is 4.98 Å². The van der Waals surface area contributed by atoms with Gasteiger partial charge < -0.3 is 10.1 Å². The third kappa shape index (κ3) is 6.03. The van der Waals surface area contributed by atoms with E-state index in [0.717, 1.165) is 23.6 Å². The van der Waals surface area contributed by atoms with Crippen LogP contribution in [0.3, 0.4) is 0 Å². The zero-order chi connectivity index (χ0) is 13.6. The van der Waals surface area contributed by atoms with Crippen molar-refractivity contribution in [3.05, 3.63) is 35.1 Å². The molecule has 0 bridgehead atoms. The number of nitrogens with zero attached hydrogens (tertiary/aromatic N) is 1. The summed E-state index contributed by atoms with van der Waals surface area (Å²) in [7, 11) is 0. The summed E-state index contributed by atoms with van der Waals surface area (Å²) in [6.45, 7) is 9.56. The molecule has 0 aromatic carbocycles. The van der Waals surface area contributed by atoms with Gasteiger partial charge in [0.25, 0.3) is 0 Å². The van der Waals surface area contributed by atoms with Crippen molar-refractivity contribution in [2.45, 2.75) is 39.8 Å². The van der Waals surface area contributed by atoms with Crippen LogP contribution in [0.1, 0.15) is 33.4 Å². The molecule has 1 N–H and O–H groups in total. The van der Waals surface area contributed by atoms with E-state index in [1.807, 2.05) is 19.1 Å². The molecule has 0 atom stereocenters. The first-order chi connectivity index (χ1) is 8.40. The zero-order valence-corrected chi connectivity index (χ0v) is 12.2. The number of pyridine rings is 1. The first kappa shape index (κ1) is 15.0. The molecule has 100 valence electrons. The largest absolute Gasteiger partial charge is 0.488 e. The highest BCUT2D eigenvalue weighted by atomic mass is 35.5. The Morgan fingerprint density at radius 2 is 2.17 bits per heavy atom. The van der Waals surface area contributed by atoms with Gasteiger partial charge in [0, 0.05) is 17.6 Å². The van der Waals surface area contributed by atoms with E-state index in [1.54, 1.807) is 6.20 Å². The van der Waals surface area contributed by atoms with Gasteiger partial charge in [-0.25, -0.2) is 0 Å². The average Bonchev–Trinajstić information content (AvgIpc) is 2.33. The number of nitrogens with one attached hydrogen (secondary N) is 1. The van der Waals surface area contributed by atoms with Gasteiger partial charge in [-0.05, 0) is 45.4 Å². The van der Waals surface area contributed by atoms with Gasteiger partial charge in [-0.2, -0.15) is 0 Å². The summed E-state index contributed by atoms with van der Waals surface area (Å²) in [4.78, 5) is 4.35. The fourth-order valence-electron chi connectivity index (χ4n) is 1.19. The van der Waals surface area contributed by atoms with Crippen molar-refractivity contribution in [1.82, 2.24) is 10.3 Å². The SMILES string of the molecule is C/C(=C/Cl)COc1ccc(CNC(C)(C)C)nc1. The number of halogens is 1. The summed E-state index contributed by atoms with van der Waals surface area (Å²) in [5.41, 5.74) is 3.60. The minimum atomic E-state index is 0.0963. The van der Waals surface area contributed by atoms with Crippen LogP contribution >= 0.6 is 11.6 Å².